The number of para-hydroxylation sites is 1. The number of benzene rings is 8. The summed E-state index contributed by atoms with van der Waals surface area (Å²) in [6, 6.07) is 59.3. The van der Waals surface area contributed by atoms with E-state index in [1.54, 1.807) is 0 Å². The molecule has 0 N–H and O–H groups in total. The summed E-state index contributed by atoms with van der Waals surface area (Å²) < 4.78 is 6.79. The van der Waals surface area contributed by atoms with E-state index >= 15 is 0 Å². The van der Waals surface area contributed by atoms with E-state index in [2.05, 4.69) is 183 Å². The monoisotopic (exact) mass is 627 g/mol. The summed E-state index contributed by atoms with van der Waals surface area (Å²) in [5, 5.41) is 4.86. The second-order valence-corrected chi connectivity index (χ2v) is 13.8. The maximum absolute atomic E-state index is 6.79. The van der Waals surface area contributed by atoms with Gasteiger partial charge in [0.05, 0.1) is 0 Å². The molecule has 232 valence electrons. The minimum Gasteiger partial charge on any atom is -0.456 e. The highest BCUT2D eigenvalue weighted by atomic mass is 16.5. The molecule has 2 nitrogen and oxygen atoms in total. The van der Waals surface area contributed by atoms with Crippen molar-refractivity contribution in [2.45, 2.75) is 19.3 Å². The molecule has 8 aromatic carbocycles. The Morgan fingerprint density at radius 1 is 0.429 bits per heavy atom. The third-order valence-corrected chi connectivity index (χ3v) is 10.6. The first-order valence-corrected chi connectivity index (χ1v) is 17.0. The molecule has 0 amide bonds. The summed E-state index contributed by atoms with van der Waals surface area (Å²) in [6.07, 6.45) is 0. The second kappa shape index (κ2) is 10.4. The lowest BCUT2D eigenvalue weighted by Crippen LogP contribution is -2.15. The van der Waals surface area contributed by atoms with Crippen molar-refractivity contribution >= 4 is 38.6 Å². The number of ether oxygens (including phenoxy) is 1. The van der Waals surface area contributed by atoms with E-state index in [0.717, 1.165) is 39.5 Å². The summed E-state index contributed by atoms with van der Waals surface area (Å²) in [7, 11) is 0. The van der Waals surface area contributed by atoms with Gasteiger partial charge in [-0.15, -0.1) is 0 Å². The van der Waals surface area contributed by atoms with Gasteiger partial charge in [-0.2, -0.15) is 0 Å². The molecule has 49 heavy (non-hydrogen) atoms. The van der Waals surface area contributed by atoms with Crippen LogP contribution in [0.1, 0.15) is 25.0 Å². The lowest BCUT2D eigenvalue weighted by Gasteiger charge is -2.29. The van der Waals surface area contributed by atoms with Crippen molar-refractivity contribution < 1.29 is 4.74 Å². The fourth-order valence-corrected chi connectivity index (χ4v) is 8.24. The van der Waals surface area contributed by atoms with Gasteiger partial charge in [0.2, 0.25) is 0 Å². The second-order valence-electron chi connectivity index (χ2n) is 13.8. The zero-order valence-corrected chi connectivity index (χ0v) is 27.4. The maximum Gasteiger partial charge on any atom is 0.137 e. The molecule has 0 spiro atoms. The summed E-state index contributed by atoms with van der Waals surface area (Å²) in [5.41, 5.74) is 13.3. The highest BCUT2D eigenvalue weighted by molar-refractivity contribution is 6.10. The van der Waals surface area contributed by atoms with Crippen molar-refractivity contribution in [1.29, 1.82) is 0 Å². The number of hydrogen-bond donors (Lipinski definition) is 0. The van der Waals surface area contributed by atoms with Gasteiger partial charge < -0.3 is 9.64 Å². The van der Waals surface area contributed by atoms with Gasteiger partial charge in [-0.25, -0.2) is 0 Å². The molecular formula is C47H33NO. The van der Waals surface area contributed by atoms with E-state index in [1.165, 1.54) is 55.1 Å². The highest BCUT2D eigenvalue weighted by Gasteiger charge is 2.35. The van der Waals surface area contributed by atoms with Gasteiger partial charge in [0.1, 0.15) is 11.5 Å². The minimum atomic E-state index is -0.0374. The van der Waals surface area contributed by atoms with Crippen LogP contribution < -0.4 is 9.64 Å². The Hall–Kier alpha value is -6.12. The smallest absolute Gasteiger partial charge is 0.137 e. The Labute approximate surface area is 286 Å². The van der Waals surface area contributed by atoms with Crippen LogP contribution in [0.4, 0.5) is 17.1 Å². The number of rotatable bonds is 4. The zero-order chi connectivity index (χ0) is 32.7. The van der Waals surface area contributed by atoms with Crippen LogP contribution in [0.25, 0.3) is 54.9 Å². The van der Waals surface area contributed by atoms with Crippen LogP contribution in [0, 0.1) is 0 Å². The van der Waals surface area contributed by atoms with Crippen molar-refractivity contribution in [1.82, 2.24) is 0 Å². The molecule has 0 saturated heterocycles. The lowest BCUT2D eigenvalue weighted by molar-refractivity contribution is 0.487. The van der Waals surface area contributed by atoms with Gasteiger partial charge >= 0.3 is 0 Å². The summed E-state index contributed by atoms with van der Waals surface area (Å²) in [4.78, 5) is 2.34. The van der Waals surface area contributed by atoms with E-state index in [1.807, 2.05) is 0 Å². The van der Waals surface area contributed by atoms with Crippen LogP contribution >= 0.6 is 0 Å². The fourth-order valence-electron chi connectivity index (χ4n) is 8.24. The molecule has 1 heterocycles. The van der Waals surface area contributed by atoms with Crippen LogP contribution in [0.2, 0.25) is 0 Å². The minimum absolute atomic E-state index is 0.0374. The van der Waals surface area contributed by atoms with Crippen molar-refractivity contribution in [3.8, 4) is 44.9 Å². The Morgan fingerprint density at radius 2 is 1.14 bits per heavy atom. The molecule has 10 rings (SSSR count). The Bertz CT molecular complexity index is 2620. The molecule has 0 aromatic heterocycles. The van der Waals surface area contributed by atoms with Gasteiger partial charge in [0, 0.05) is 39.5 Å². The summed E-state index contributed by atoms with van der Waals surface area (Å²) in [5.74, 6) is 1.76. The van der Waals surface area contributed by atoms with Gasteiger partial charge in [0.25, 0.3) is 0 Å². The van der Waals surface area contributed by atoms with E-state index in [4.69, 9.17) is 4.74 Å². The van der Waals surface area contributed by atoms with Crippen molar-refractivity contribution in [2.75, 3.05) is 4.90 Å². The van der Waals surface area contributed by atoms with Gasteiger partial charge in [0.15, 0.2) is 0 Å². The van der Waals surface area contributed by atoms with E-state index in [-0.39, 0.29) is 5.41 Å². The highest BCUT2D eigenvalue weighted by Crippen LogP contribution is 2.53. The fraction of sp³-hybridized carbons (Fsp3) is 0.0638. The number of hydrogen-bond acceptors (Lipinski definition) is 2. The SMILES string of the molecule is CC1(C)c2ccccc2-c2cc(N(c3ccccc3)c3ccc4c(c3)Oc3ccc(-c5ccc6ccccc6c5)c5cccc-4c35)ccc21. The third kappa shape index (κ3) is 4.20. The Kier molecular flexibility index (Phi) is 5.95. The number of fused-ring (bicyclic) bond motifs is 6. The van der Waals surface area contributed by atoms with Crippen molar-refractivity contribution in [3.63, 3.8) is 0 Å². The quantitative estimate of drug-likeness (QED) is 0.192. The first-order chi connectivity index (χ1) is 24.0. The molecular weight excluding hydrogens is 595 g/mol. The zero-order valence-electron chi connectivity index (χ0n) is 27.4. The standard InChI is InChI=1S/C47H33NO/c1-47(2)42-18-9-8-15-37(42)41-28-34(22-25-43(41)47)48(33-13-4-3-5-14-33)35-21-23-38-40-17-10-16-39-36(24-26-44(46(39)40)49-45(38)29-35)32-20-19-30-11-6-7-12-31(30)27-32/h3-29H,1-2H3. The normalized spacial score (nSPS) is 13.4. The van der Waals surface area contributed by atoms with Gasteiger partial charge in [-0.05, 0) is 104 Å². The van der Waals surface area contributed by atoms with Crippen molar-refractivity contribution in [3.05, 3.63) is 175 Å². The Balaban J connectivity index is 1.10. The molecule has 8 aromatic rings. The van der Waals surface area contributed by atoms with E-state index in [0.29, 0.717) is 0 Å². The summed E-state index contributed by atoms with van der Waals surface area (Å²) in [6.45, 7) is 4.66. The molecule has 0 atom stereocenters. The lowest BCUT2D eigenvalue weighted by atomic mass is 9.82. The number of nitrogens with zero attached hydrogens (tertiary/aromatic N) is 1. The van der Waals surface area contributed by atoms with Crippen LogP contribution in [-0.4, -0.2) is 0 Å². The van der Waals surface area contributed by atoms with E-state index < -0.39 is 0 Å². The van der Waals surface area contributed by atoms with E-state index in [9.17, 15) is 0 Å². The summed E-state index contributed by atoms with van der Waals surface area (Å²) >= 11 is 0. The predicted octanol–water partition coefficient (Wildman–Crippen LogP) is 13.2. The Morgan fingerprint density at radius 3 is 2.04 bits per heavy atom. The molecule has 0 radical (unpaired) electrons. The average Bonchev–Trinajstić information content (AvgIpc) is 3.38. The predicted molar refractivity (Wildman–Crippen MR) is 205 cm³/mol. The molecule has 1 aliphatic heterocycles. The first kappa shape index (κ1) is 27.9. The largest absolute Gasteiger partial charge is 0.456 e. The number of anilines is 3. The first-order valence-electron chi connectivity index (χ1n) is 17.0. The van der Waals surface area contributed by atoms with Crippen LogP contribution in [0.5, 0.6) is 11.5 Å². The molecule has 0 bridgehead atoms. The topological polar surface area (TPSA) is 12.5 Å². The van der Waals surface area contributed by atoms with Crippen molar-refractivity contribution in [2.24, 2.45) is 0 Å². The van der Waals surface area contributed by atoms with Crippen LogP contribution in [-0.2, 0) is 5.41 Å². The van der Waals surface area contributed by atoms with Gasteiger partial charge in [-0.3, -0.25) is 0 Å². The van der Waals surface area contributed by atoms with Gasteiger partial charge in [-0.1, -0.05) is 123 Å². The molecule has 0 unspecified atom stereocenters. The van der Waals surface area contributed by atoms with Crippen LogP contribution in [0.15, 0.2) is 164 Å². The maximum atomic E-state index is 6.79. The third-order valence-electron chi connectivity index (χ3n) is 10.6. The molecule has 1 aliphatic carbocycles. The van der Waals surface area contributed by atoms with Crippen LogP contribution in [0.3, 0.4) is 0 Å². The molecule has 0 fully saturated rings. The molecule has 2 heteroatoms. The molecule has 0 saturated carbocycles. The molecule has 2 aliphatic rings. The average molecular weight is 628 g/mol.